The predicted octanol–water partition coefficient (Wildman–Crippen LogP) is 8.48. The van der Waals surface area contributed by atoms with E-state index in [0.717, 1.165) is 17.0 Å². The molecule has 4 aromatic rings. The number of halogens is 6. The third kappa shape index (κ3) is 8.61. The van der Waals surface area contributed by atoms with E-state index in [1.165, 1.54) is 48.2 Å². The van der Waals surface area contributed by atoms with Gasteiger partial charge in [-0.25, -0.2) is 14.6 Å². The van der Waals surface area contributed by atoms with E-state index in [-0.39, 0.29) is 22.8 Å². The first-order valence-corrected chi connectivity index (χ1v) is 13.6. The second-order valence-corrected chi connectivity index (χ2v) is 11.0. The summed E-state index contributed by atoms with van der Waals surface area (Å²) in [5, 5.41) is 0. The lowest BCUT2D eigenvalue weighted by molar-refractivity contribution is -0.274. The Hall–Kier alpha value is -4.95. The van der Waals surface area contributed by atoms with Crippen LogP contribution in [0.15, 0.2) is 60.9 Å². The Labute approximate surface area is 259 Å². The number of amides is 1. The number of rotatable bonds is 8. The van der Waals surface area contributed by atoms with Gasteiger partial charge in [-0.15, -0.1) is 13.2 Å². The van der Waals surface area contributed by atoms with Gasteiger partial charge in [-0.1, -0.05) is 12.1 Å². The SMILES string of the molecule is COC(=O)c1ccc(-c2cnc3c(N(CCC(F)(F)F)C(=O)OC(C)(C)C)cc(Oc4cccc(OC(F)(F)F)c4)cn23)cc1C. The van der Waals surface area contributed by atoms with E-state index in [0.29, 0.717) is 22.4 Å². The Kier molecular flexibility index (Phi) is 9.45. The number of hydrogen-bond donors (Lipinski definition) is 0. The number of benzene rings is 2. The van der Waals surface area contributed by atoms with E-state index in [9.17, 15) is 35.9 Å². The Balaban J connectivity index is 1.90. The van der Waals surface area contributed by atoms with Crippen molar-refractivity contribution in [2.24, 2.45) is 0 Å². The standard InChI is InChI=1S/C31H29F6N3O6/c1-18-13-19(9-10-23(18)27(41)43-5)25-16-38-26-24(39(12-11-30(32,33)34)28(42)46-29(2,3)4)15-22(17-40(25)26)44-20-7-6-8-21(14-20)45-31(35,36)37/h6-10,13-17H,11-12H2,1-5H3. The van der Waals surface area contributed by atoms with Crippen molar-refractivity contribution in [1.82, 2.24) is 9.38 Å². The summed E-state index contributed by atoms with van der Waals surface area (Å²) in [6, 6.07) is 10.6. The van der Waals surface area contributed by atoms with Crippen molar-refractivity contribution in [1.29, 1.82) is 0 Å². The highest BCUT2D eigenvalue weighted by molar-refractivity contribution is 5.94. The zero-order chi connectivity index (χ0) is 34.0. The number of hydrogen-bond acceptors (Lipinski definition) is 7. The predicted molar refractivity (Wildman–Crippen MR) is 154 cm³/mol. The molecular weight excluding hydrogens is 624 g/mol. The van der Waals surface area contributed by atoms with E-state index in [4.69, 9.17) is 14.2 Å². The number of nitrogens with zero attached hydrogens (tertiary/aromatic N) is 3. The first kappa shape index (κ1) is 33.9. The van der Waals surface area contributed by atoms with Crippen LogP contribution in [0, 0.1) is 6.92 Å². The fourth-order valence-electron chi connectivity index (χ4n) is 4.41. The quantitative estimate of drug-likeness (QED) is 0.139. The van der Waals surface area contributed by atoms with Crippen LogP contribution in [0.1, 0.15) is 43.1 Å². The summed E-state index contributed by atoms with van der Waals surface area (Å²) in [4.78, 5) is 30.6. The molecule has 0 unspecified atom stereocenters. The molecule has 0 aliphatic carbocycles. The summed E-state index contributed by atoms with van der Waals surface area (Å²) in [5.74, 6) is -1.31. The molecule has 0 aliphatic rings. The fraction of sp³-hybridized carbons (Fsp3) is 0.323. The van der Waals surface area contributed by atoms with E-state index >= 15 is 0 Å². The molecule has 2 aromatic heterocycles. The summed E-state index contributed by atoms with van der Waals surface area (Å²) in [6.07, 6.45) is -9.28. The van der Waals surface area contributed by atoms with Crippen LogP contribution in [0.2, 0.25) is 0 Å². The number of aromatic nitrogens is 2. The lowest BCUT2D eigenvalue weighted by Gasteiger charge is -2.28. The van der Waals surface area contributed by atoms with Gasteiger partial charge in [0.2, 0.25) is 0 Å². The van der Waals surface area contributed by atoms with Crippen LogP contribution in [0.5, 0.6) is 17.2 Å². The average Bonchev–Trinajstić information content (AvgIpc) is 3.34. The van der Waals surface area contributed by atoms with Crippen molar-refractivity contribution in [3.8, 4) is 28.5 Å². The second-order valence-electron chi connectivity index (χ2n) is 11.0. The molecule has 46 heavy (non-hydrogen) atoms. The highest BCUT2D eigenvalue weighted by Crippen LogP contribution is 2.36. The van der Waals surface area contributed by atoms with Gasteiger partial charge in [-0.3, -0.25) is 9.30 Å². The van der Waals surface area contributed by atoms with Gasteiger partial charge in [0.1, 0.15) is 22.8 Å². The van der Waals surface area contributed by atoms with E-state index in [2.05, 4.69) is 9.72 Å². The van der Waals surface area contributed by atoms with Crippen LogP contribution >= 0.6 is 0 Å². The molecule has 246 valence electrons. The molecule has 9 nitrogen and oxygen atoms in total. The Bertz CT molecular complexity index is 1740. The molecule has 0 N–H and O–H groups in total. The number of methoxy groups -OCH3 is 1. The normalized spacial score (nSPS) is 12.2. The maximum absolute atomic E-state index is 13.4. The van der Waals surface area contributed by atoms with Crippen molar-refractivity contribution >= 4 is 23.4 Å². The summed E-state index contributed by atoms with van der Waals surface area (Å²) in [6.45, 7) is 5.47. The van der Waals surface area contributed by atoms with Crippen molar-refractivity contribution in [2.75, 3.05) is 18.6 Å². The molecule has 0 fully saturated rings. The largest absolute Gasteiger partial charge is 0.573 e. The van der Waals surface area contributed by atoms with Gasteiger partial charge in [0.25, 0.3) is 0 Å². The number of aryl methyl sites for hydroxylation is 1. The van der Waals surface area contributed by atoms with Crippen LogP contribution in [0.3, 0.4) is 0 Å². The smallest absolute Gasteiger partial charge is 0.465 e. The fourth-order valence-corrected chi connectivity index (χ4v) is 4.41. The molecule has 0 spiro atoms. The van der Waals surface area contributed by atoms with Gasteiger partial charge >= 0.3 is 24.6 Å². The minimum Gasteiger partial charge on any atom is -0.465 e. The first-order valence-electron chi connectivity index (χ1n) is 13.6. The van der Waals surface area contributed by atoms with Crippen LogP contribution in [-0.2, 0) is 9.47 Å². The topological polar surface area (TPSA) is 91.6 Å². The maximum Gasteiger partial charge on any atom is 0.573 e. The number of esters is 1. The van der Waals surface area contributed by atoms with Crippen molar-refractivity contribution in [2.45, 2.75) is 52.3 Å². The molecule has 2 aromatic carbocycles. The molecule has 0 bridgehead atoms. The zero-order valence-electron chi connectivity index (χ0n) is 25.2. The maximum atomic E-state index is 13.4. The molecule has 4 rings (SSSR count). The highest BCUT2D eigenvalue weighted by atomic mass is 19.4. The van der Waals surface area contributed by atoms with Gasteiger partial charge in [-0.2, -0.15) is 13.2 Å². The van der Waals surface area contributed by atoms with Crippen molar-refractivity contribution in [3.05, 3.63) is 72.1 Å². The van der Waals surface area contributed by atoms with Gasteiger partial charge in [0.05, 0.1) is 42.9 Å². The summed E-state index contributed by atoms with van der Waals surface area (Å²) >= 11 is 0. The second kappa shape index (κ2) is 12.8. The number of ether oxygens (including phenoxy) is 4. The summed E-state index contributed by atoms with van der Waals surface area (Å²) < 4.78 is 100. The van der Waals surface area contributed by atoms with Crippen molar-refractivity contribution < 1.29 is 54.9 Å². The van der Waals surface area contributed by atoms with Gasteiger partial charge in [0.15, 0.2) is 5.65 Å². The molecule has 0 atom stereocenters. The Morgan fingerprint density at radius 2 is 1.63 bits per heavy atom. The van der Waals surface area contributed by atoms with E-state index < -0.39 is 48.9 Å². The lowest BCUT2D eigenvalue weighted by Crippen LogP contribution is -2.39. The number of anilines is 1. The molecule has 0 saturated heterocycles. The molecule has 0 radical (unpaired) electrons. The van der Waals surface area contributed by atoms with Gasteiger partial charge in [0, 0.05) is 24.2 Å². The Morgan fingerprint density at radius 3 is 2.24 bits per heavy atom. The first-order chi connectivity index (χ1) is 21.3. The Morgan fingerprint density at radius 1 is 0.935 bits per heavy atom. The molecule has 0 saturated carbocycles. The zero-order valence-corrected chi connectivity index (χ0v) is 25.2. The number of alkyl halides is 6. The molecule has 15 heteroatoms. The van der Waals surface area contributed by atoms with E-state index in [1.54, 1.807) is 39.8 Å². The molecule has 2 heterocycles. The summed E-state index contributed by atoms with van der Waals surface area (Å²) in [7, 11) is 1.24. The monoisotopic (exact) mass is 653 g/mol. The minimum absolute atomic E-state index is 0.0410. The van der Waals surface area contributed by atoms with Crippen LogP contribution in [-0.4, -0.2) is 53.2 Å². The average molecular weight is 654 g/mol. The molecule has 0 aliphatic heterocycles. The number of pyridine rings is 1. The lowest BCUT2D eigenvalue weighted by atomic mass is 10.0. The van der Waals surface area contributed by atoms with Crippen molar-refractivity contribution in [3.63, 3.8) is 0 Å². The third-order valence-electron chi connectivity index (χ3n) is 6.29. The number of fused-ring (bicyclic) bond motifs is 1. The van der Waals surface area contributed by atoms with Gasteiger partial charge < -0.3 is 18.9 Å². The minimum atomic E-state index is -4.97. The molecular formula is C31H29F6N3O6. The van der Waals surface area contributed by atoms with Crippen LogP contribution in [0.25, 0.3) is 16.9 Å². The third-order valence-corrected chi connectivity index (χ3v) is 6.29. The summed E-state index contributed by atoms with van der Waals surface area (Å²) in [5.41, 5.74) is 0.599. The van der Waals surface area contributed by atoms with E-state index in [1.807, 2.05) is 0 Å². The van der Waals surface area contributed by atoms with Crippen LogP contribution in [0.4, 0.5) is 36.8 Å². The molecule has 1 amide bonds. The van der Waals surface area contributed by atoms with Crippen LogP contribution < -0.4 is 14.4 Å². The van der Waals surface area contributed by atoms with Gasteiger partial charge in [-0.05, 0) is 57.5 Å². The highest BCUT2D eigenvalue weighted by Gasteiger charge is 2.33. The number of imidazole rings is 1. The number of carbonyl (C=O) groups excluding carboxylic acids is 2. The number of carbonyl (C=O) groups is 2.